The van der Waals surface area contributed by atoms with E-state index >= 15 is 0 Å². The molecule has 3 aliphatic rings. The number of aliphatic imine (C=N–C) groups is 1. The van der Waals surface area contributed by atoms with Crippen molar-refractivity contribution in [2.24, 2.45) is 4.99 Å². The van der Waals surface area contributed by atoms with Crippen molar-refractivity contribution in [2.45, 2.75) is 51.7 Å². The Bertz CT molecular complexity index is 1110. The maximum atomic E-state index is 14.1. The molecule has 10 heteroatoms. The number of amides is 1. The third kappa shape index (κ3) is 5.73. The molecule has 1 saturated heterocycles. The van der Waals surface area contributed by atoms with Gasteiger partial charge in [-0.25, -0.2) is 13.8 Å². The smallest absolute Gasteiger partial charge is 0.258 e. The molecule has 3 N–H and O–H groups in total. The summed E-state index contributed by atoms with van der Waals surface area (Å²) in [7, 11) is 0. The number of nitrogens with zero attached hydrogens (tertiary/aromatic N) is 2. The SMILES string of the molecule is CC1=N/C(=C2\CN(C(=O)c3ccc(F)cc3OC3CCC(NCCF)CC3)CC2=N)NC(C)=C1Cl. The largest absolute Gasteiger partial charge is 0.489 e. The van der Waals surface area contributed by atoms with Crippen LogP contribution in [0.4, 0.5) is 8.78 Å². The van der Waals surface area contributed by atoms with E-state index in [9.17, 15) is 13.6 Å². The van der Waals surface area contributed by atoms with Crippen molar-refractivity contribution < 1.29 is 18.3 Å². The van der Waals surface area contributed by atoms with Gasteiger partial charge in [0.05, 0.1) is 41.2 Å². The lowest BCUT2D eigenvalue weighted by Gasteiger charge is -2.30. The van der Waals surface area contributed by atoms with Crippen LogP contribution in [0.5, 0.6) is 5.75 Å². The predicted molar refractivity (Wildman–Crippen MR) is 133 cm³/mol. The molecule has 0 spiro atoms. The monoisotopic (exact) mass is 505 g/mol. The Morgan fingerprint density at radius 1 is 1.29 bits per heavy atom. The molecular formula is C25H30ClF2N5O2. The van der Waals surface area contributed by atoms with Gasteiger partial charge in [-0.1, -0.05) is 11.6 Å². The first kappa shape index (κ1) is 25.3. The molecule has 4 rings (SSSR count). The average Bonchev–Trinajstić information content (AvgIpc) is 3.23. The fourth-order valence-electron chi connectivity index (χ4n) is 4.65. The number of likely N-dealkylation sites (tertiary alicyclic amines) is 1. The fourth-order valence-corrected chi connectivity index (χ4v) is 4.73. The second-order valence-corrected chi connectivity index (χ2v) is 9.48. The first-order chi connectivity index (χ1) is 16.8. The molecule has 1 amide bonds. The van der Waals surface area contributed by atoms with Crippen molar-refractivity contribution in [3.8, 4) is 5.75 Å². The summed E-state index contributed by atoms with van der Waals surface area (Å²) >= 11 is 6.21. The van der Waals surface area contributed by atoms with Gasteiger partial charge < -0.3 is 25.7 Å². The zero-order valence-corrected chi connectivity index (χ0v) is 20.6. The molecule has 2 heterocycles. The van der Waals surface area contributed by atoms with Gasteiger partial charge in [0, 0.05) is 29.9 Å². The average molecular weight is 506 g/mol. The summed E-state index contributed by atoms with van der Waals surface area (Å²) in [5.41, 5.74) is 2.55. The number of nitrogens with one attached hydrogen (secondary N) is 3. The Morgan fingerprint density at radius 2 is 2.03 bits per heavy atom. The molecule has 0 atom stereocenters. The minimum Gasteiger partial charge on any atom is -0.489 e. The van der Waals surface area contributed by atoms with Crippen molar-refractivity contribution in [3.63, 3.8) is 0 Å². The molecule has 35 heavy (non-hydrogen) atoms. The quantitative estimate of drug-likeness (QED) is 0.538. The van der Waals surface area contributed by atoms with Crippen molar-refractivity contribution >= 4 is 28.9 Å². The standard InChI is InChI=1S/C25H30ClF2N5O2/c1-14-23(26)15(2)32-24(31-14)20-12-33(13-21(20)29)25(34)19-8-3-16(28)11-22(19)35-18-6-4-17(5-7-18)30-10-9-27/h3,8,11,17-18,29-31H,4-7,9-10,12-13H2,1-2H3/b24-20+,29-21?. The van der Waals surface area contributed by atoms with E-state index in [0.29, 0.717) is 28.7 Å². The van der Waals surface area contributed by atoms with Crippen LogP contribution < -0.4 is 15.4 Å². The minimum atomic E-state index is -0.484. The Labute approximate surface area is 208 Å². The molecule has 1 aromatic rings. The highest BCUT2D eigenvalue weighted by Crippen LogP contribution is 2.30. The van der Waals surface area contributed by atoms with Gasteiger partial charge in [0.15, 0.2) is 0 Å². The number of hydrogen-bond acceptors (Lipinski definition) is 6. The van der Waals surface area contributed by atoms with E-state index in [1.807, 2.05) is 6.92 Å². The lowest BCUT2D eigenvalue weighted by molar-refractivity contribution is 0.0790. The van der Waals surface area contributed by atoms with Crippen LogP contribution in [0, 0.1) is 11.2 Å². The van der Waals surface area contributed by atoms with Crippen LogP contribution in [0.15, 0.2) is 45.3 Å². The molecule has 2 aliphatic heterocycles. The number of carbonyl (C=O) groups is 1. The van der Waals surface area contributed by atoms with E-state index in [0.717, 1.165) is 31.4 Å². The lowest BCUT2D eigenvalue weighted by Crippen LogP contribution is -2.37. The number of rotatable bonds is 6. The van der Waals surface area contributed by atoms with Crippen LogP contribution >= 0.6 is 11.6 Å². The van der Waals surface area contributed by atoms with E-state index < -0.39 is 12.5 Å². The second kappa shape index (κ2) is 10.9. The topological polar surface area (TPSA) is 89.8 Å². The molecular weight excluding hydrogens is 476 g/mol. The Hall–Kier alpha value is -2.78. The van der Waals surface area contributed by atoms with Gasteiger partial charge in [0.1, 0.15) is 24.1 Å². The van der Waals surface area contributed by atoms with Gasteiger partial charge in [-0.3, -0.25) is 4.79 Å². The van der Waals surface area contributed by atoms with Crippen LogP contribution in [0.2, 0.25) is 0 Å². The molecule has 188 valence electrons. The lowest BCUT2D eigenvalue weighted by atomic mass is 9.93. The van der Waals surface area contributed by atoms with Gasteiger partial charge in [0.25, 0.3) is 5.91 Å². The van der Waals surface area contributed by atoms with E-state index in [4.69, 9.17) is 21.7 Å². The Balaban J connectivity index is 1.48. The maximum absolute atomic E-state index is 14.1. The number of hydrogen-bond donors (Lipinski definition) is 3. The highest BCUT2D eigenvalue weighted by atomic mass is 35.5. The minimum absolute atomic E-state index is 0.118. The van der Waals surface area contributed by atoms with Gasteiger partial charge >= 0.3 is 0 Å². The highest BCUT2D eigenvalue weighted by molar-refractivity contribution is 6.43. The predicted octanol–water partition coefficient (Wildman–Crippen LogP) is 4.30. The molecule has 0 bridgehead atoms. The third-order valence-corrected chi connectivity index (χ3v) is 7.09. The molecule has 7 nitrogen and oxygen atoms in total. The van der Waals surface area contributed by atoms with E-state index in [1.54, 1.807) is 6.92 Å². The highest BCUT2D eigenvalue weighted by Gasteiger charge is 2.32. The number of halogens is 3. The van der Waals surface area contributed by atoms with Gasteiger partial charge in [-0.2, -0.15) is 0 Å². The van der Waals surface area contributed by atoms with Crippen LogP contribution in [-0.2, 0) is 0 Å². The van der Waals surface area contributed by atoms with Gasteiger partial charge in [-0.15, -0.1) is 0 Å². The zero-order valence-electron chi connectivity index (χ0n) is 19.9. The molecule has 2 fully saturated rings. The molecule has 0 unspecified atom stereocenters. The van der Waals surface area contributed by atoms with Gasteiger partial charge in [0.2, 0.25) is 0 Å². The molecule has 1 aliphatic carbocycles. The van der Waals surface area contributed by atoms with E-state index in [-0.39, 0.29) is 48.2 Å². The summed E-state index contributed by atoms with van der Waals surface area (Å²) in [5.74, 6) is -0.0981. The van der Waals surface area contributed by atoms with Gasteiger partial charge in [-0.05, 0) is 51.7 Å². The normalized spacial score (nSPS) is 25.0. The van der Waals surface area contributed by atoms with Crippen LogP contribution in [0.25, 0.3) is 0 Å². The second-order valence-electron chi connectivity index (χ2n) is 9.10. The van der Waals surface area contributed by atoms with Crippen molar-refractivity contribution in [1.29, 1.82) is 5.41 Å². The Kier molecular flexibility index (Phi) is 7.86. The van der Waals surface area contributed by atoms with Crippen molar-refractivity contribution in [2.75, 3.05) is 26.3 Å². The summed E-state index contributed by atoms with van der Waals surface area (Å²) in [6, 6.07) is 4.16. The van der Waals surface area contributed by atoms with Crippen molar-refractivity contribution in [3.05, 3.63) is 51.7 Å². The summed E-state index contributed by atoms with van der Waals surface area (Å²) in [6.45, 7) is 3.88. The van der Waals surface area contributed by atoms with Crippen LogP contribution in [0.1, 0.15) is 49.9 Å². The fraction of sp³-hybridized carbons (Fsp3) is 0.480. The first-order valence-corrected chi connectivity index (χ1v) is 12.2. The summed E-state index contributed by atoms with van der Waals surface area (Å²) in [6.07, 6.45) is 2.97. The van der Waals surface area contributed by atoms with Crippen LogP contribution in [-0.4, -0.2) is 60.7 Å². The number of alkyl halides is 1. The summed E-state index contributed by atoms with van der Waals surface area (Å²) in [4.78, 5) is 19.4. The number of carbonyl (C=O) groups excluding carboxylic acids is 1. The number of allylic oxidation sites excluding steroid dienone is 2. The third-order valence-electron chi connectivity index (χ3n) is 6.54. The molecule has 1 aromatic carbocycles. The summed E-state index contributed by atoms with van der Waals surface area (Å²) in [5, 5.41) is 15.3. The summed E-state index contributed by atoms with van der Waals surface area (Å²) < 4.78 is 32.6. The molecule has 0 radical (unpaired) electrons. The Morgan fingerprint density at radius 3 is 2.71 bits per heavy atom. The van der Waals surface area contributed by atoms with E-state index in [2.05, 4.69) is 15.6 Å². The molecule has 1 saturated carbocycles. The zero-order chi connectivity index (χ0) is 25.1. The van der Waals surface area contributed by atoms with E-state index in [1.165, 1.54) is 23.1 Å². The maximum Gasteiger partial charge on any atom is 0.258 e. The van der Waals surface area contributed by atoms with Crippen LogP contribution in [0.3, 0.4) is 0 Å². The van der Waals surface area contributed by atoms with Crippen molar-refractivity contribution in [1.82, 2.24) is 15.5 Å². The first-order valence-electron chi connectivity index (χ1n) is 11.8. The molecule has 0 aromatic heterocycles. The number of ether oxygens (including phenoxy) is 1. The number of benzene rings is 1.